The first-order valence-corrected chi connectivity index (χ1v) is 7.64. The van der Waals surface area contributed by atoms with Crippen LogP contribution in [0.1, 0.15) is 52.0 Å². The minimum Gasteiger partial charge on any atom is -0.393 e. The molecule has 1 aliphatic heterocycles. The standard InChI is InChI=1S/C16H25N3O/c1-15(2,3)12-10-17-14(18-11-12)19-6-4-16(5-7-19)8-13(20)9-16/h10-11,13,20H,4-9H2,1-3H3. The van der Waals surface area contributed by atoms with Crippen LogP contribution < -0.4 is 4.90 Å². The minimum absolute atomic E-state index is 0.0520. The highest BCUT2D eigenvalue weighted by Gasteiger charge is 2.45. The van der Waals surface area contributed by atoms with Crippen molar-refractivity contribution in [1.82, 2.24) is 9.97 Å². The summed E-state index contributed by atoms with van der Waals surface area (Å²) >= 11 is 0. The maximum absolute atomic E-state index is 9.52. The summed E-state index contributed by atoms with van der Waals surface area (Å²) in [6, 6.07) is 0. The van der Waals surface area contributed by atoms with E-state index in [2.05, 4.69) is 35.6 Å². The summed E-state index contributed by atoms with van der Waals surface area (Å²) < 4.78 is 0. The third kappa shape index (κ3) is 2.53. The SMILES string of the molecule is CC(C)(C)c1cnc(N2CCC3(CC2)CC(O)C3)nc1. The van der Waals surface area contributed by atoms with E-state index in [1.165, 1.54) is 5.56 Å². The second-order valence-corrected chi connectivity index (χ2v) is 7.57. The zero-order valence-corrected chi connectivity index (χ0v) is 12.8. The zero-order chi connectivity index (χ0) is 14.4. The quantitative estimate of drug-likeness (QED) is 0.855. The number of rotatable bonds is 1. The molecule has 0 aromatic carbocycles. The summed E-state index contributed by atoms with van der Waals surface area (Å²) in [5, 5.41) is 9.52. The van der Waals surface area contributed by atoms with Crippen LogP contribution in [0, 0.1) is 5.41 Å². The third-order valence-electron chi connectivity index (χ3n) is 4.95. The summed E-state index contributed by atoms with van der Waals surface area (Å²) in [4.78, 5) is 11.4. The number of aliphatic hydroxyl groups is 1. The number of piperidine rings is 1. The molecule has 1 spiro atoms. The molecule has 4 nitrogen and oxygen atoms in total. The molecule has 0 amide bonds. The Labute approximate surface area is 121 Å². The number of aliphatic hydroxyl groups excluding tert-OH is 1. The van der Waals surface area contributed by atoms with E-state index in [1.807, 2.05) is 12.4 Å². The van der Waals surface area contributed by atoms with Gasteiger partial charge in [0.1, 0.15) is 0 Å². The van der Waals surface area contributed by atoms with E-state index < -0.39 is 0 Å². The second-order valence-electron chi connectivity index (χ2n) is 7.57. The van der Waals surface area contributed by atoms with Gasteiger partial charge in [-0.2, -0.15) is 0 Å². The molecule has 1 aromatic heterocycles. The van der Waals surface area contributed by atoms with Gasteiger partial charge in [0, 0.05) is 25.5 Å². The zero-order valence-electron chi connectivity index (χ0n) is 12.8. The molecule has 0 bridgehead atoms. The van der Waals surface area contributed by atoms with Gasteiger partial charge in [-0.05, 0) is 42.1 Å². The molecule has 3 rings (SSSR count). The predicted molar refractivity (Wildman–Crippen MR) is 79.9 cm³/mol. The molecule has 4 heteroatoms. The topological polar surface area (TPSA) is 49.2 Å². The monoisotopic (exact) mass is 275 g/mol. The summed E-state index contributed by atoms with van der Waals surface area (Å²) in [5.74, 6) is 0.854. The fourth-order valence-corrected chi connectivity index (χ4v) is 3.40. The lowest BCUT2D eigenvalue weighted by Crippen LogP contribution is -2.49. The van der Waals surface area contributed by atoms with Gasteiger partial charge in [-0.25, -0.2) is 9.97 Å². The van der Waals surface area contributed by atoms with Crippen LogP contribution in [0.4, 0.5) is 5.95 Å². The highest BCUT2D eigenvalue weighted by molar-refractivity contribution is 5.32. The van der Waals surface area contributed by atoms with Crippen LogP contribution >= 0.6 is 0 Å². The van der Waals surface area contributed by atoms with Crippen LogP contribution in [0.25, 0.3) is 0 Å². The van der Waals surface area contributed by atoms with Crippen molar-refractivity contribution in [2.24, 2.45) is 5.41 Å². The van der Waals surface area contributed by atoms with Crippen molar-refractivity contribution < 1.29 is 5.11 Å². The first-order valence-electron chi connectivity index (χ1n) is 7.64. The number of anilines is 1. The van der Waals surface area contributed by atoms with Gasteiger partial charge in [-0.1, -0.05) is 20.8 Å². The summed E-state index contributed by atoms with van der Waals surface area (Å²) in [5.41, 5.74) is 1.70. The van der Waals surface area contributed by atoms with E-state index in [-0.39, 0.29) is 11.5 Å². The second kappa shape index (κ2) is 4.69. The van der Waals surface area contributed by atoms with Gasteiger partial charge in [0.2, 0.25) is 5.95 Å². The van der Waals surface area contributed by atoms with Gasteiger partial charge in [0.05, 0.1) is 6.10 Å². The van der Waals surface area contributed by atoms with Gasteiger partial charge >= 0.3 is 0 Å². The number of aromatic nitrogens is 2. The Hall–Kier alpha value is -1.16. The lowest BCUT2D eigenvalue weighted by molar-refractivity contribution is -0.0465. The fraction of sp³-hybridized carbons (Fsp3) is 0.750. The van der Waals surface area contributed by atoms with Crippen molar-refractivity contribution in [3.63, 3.8) is 0 Å². The number of nitrogens with zero attached hydrogens (tertiary/aromatic N) is 3. The lowest BCUT2D eigenvalue weighted by atomic mass is 9.61. The van der Waals surface area contributed by atoms with Crippen molar-refractivity contribution in [2.75, 3.05) is 18.0 Å². The molecule has 110 valence electrons. The minimum atomic E-state index is -0.0520. The van der Waals surface area contributed by atoms with Gasteiger partial charge in [-0.15, -0.1) is 0 Å². The molecule has 1 aliphatic carbocycles. The average molecular weight is 275 g/mol. The molecule has 1 aromatic rings. The molecule has 1 N–H and O–H groups in total. The van der Waals surface area contributed by atoms with Crippen molar-refractivity contribution in [3.05, 3.63) is 18.0 Å². The Kier molecular flexibility index (Phi) is 3.24. The van der Waals surface area contributed by atoms with Crippen LogP contribution in [0.3, 0.4) is 0 Å². The molecule has 0 radical (unpaired) electrons. The Bertz CT molecular complexity index is 461. The first-order chi connectivity index (χ1) is 9.38. The molecule has 0 atom stereocenters. The Morgan fingerprint density at radius 1 is 1.15 bits per heavy atom. The van der Waals surface area contributed by atoms with Crippen LogP contribution in [-0.4, -0.2) is 34.3 Å². The highest BCUT2D eigenvalue weighted by atomic mass is 16.3. The van der Waals surface area contributed by atoms with Crippen molar-refractivity contribution in [1.29, 1.82) is 0 Å². The van der Waals surface area contributed by atoms with Crippen molar-refractivity contribution in [3.8, 4) is 0 Å². The third-order valence-corrected chi connectivity index (χ3v) is 4.95. The van der Waals surface area contributed by atoms with E-state index in [4.69, 9.17) is 0 Å². The predicted octanol–water partition coefficient (Wildman–Crippen LogP) is 2.52. The van der Waals surface area contributed by atoms with Crippen LogP contribution in [-0.2, 0) is 5.41 Å². The van der Waals surface area contributed by atoms with Crippen molar-refractivity contribution >= 4 is 5.95 Å². The summed E-state index contributed by atoms with van der Waals surface area (Å²) in [7, 11) is 0. The molecule has 2 fully saturated rings. The van der Waals surface area contributed by atoms with Crippen LogP contribution in [0.5, 0.6) is 0 Å². The van der Waals surface area contributed by atoms with Crippen LogP contribution in [0.2, 0.25) is 0 Å². The maximum Gasteiger partial charge on any atom is 0.225 e. The summed E-state index contributed by atoms with van der Waals surface area (Å²) in [6.07, 6.45) is 8.17. The van der Waals surface area contributed by atoms with E-state index in [0.29, 0.717) is 5.41 Å². The van der Waals surface area contributed by atoms with Gasteiger partial charge in [0.15, 0.2) is 0 Å². The molecule has 1 saturated heterocycles. The Balaban J connectivity index is 1.63. The number of hydrogen-bond acceptors (Lipinski definition) is 4. The van der Waals surface area contributed by atoms with Gasteiger partial charge < -0.3 is 10.0 Å². The van der Waals surface area contributed by atoms with E-state index in [1.54, 1.807) is 0 Å². The van der Waals surface area contributed by atoms with Gasteiger partial charge in [0.25, 0.3) is 0 Å². The molecular formula is C16H25N3O. The summed E-state index contributed by atoms with van der Waals surface area (Å²) in [6.45, 7) is 8.57. The molecule has 0 unspecified atom stereocenters. The molecule has 1 saturated carbocycles. The average Bonchev–Trinajstić information content (AvgIpc) is 2.37. The van der Waals surface area contributed by atoms with Crippen LogP contribution in [0.15, 0.2) is 12.4 Å². The van der Waals surface area contributed by atoms with E-state index in [9.17, 15) is 5.11 Å². The van der Waals surface area contributed by atoms with E-state index in [0.717, 1.165) is 44.7 Å². The molecule has 2 heterocycles. The fourth-order valence-electron chi connectivity index (χ4n) is 3.40. The first kappa shape index (κ1) is 13.8. The molecule has 2 aliphatic rings. The van der Waals surface area contributed by atoms with E-state index >= 15 is 0 Å². The largest absolute Gasteiger partial charge is 0.393 e. The normalized spacial score (nSPS) is 22.9. The van der Waals surface area contributed by atoms with Crippen molar-refractivity contribution in [2.45, 2.75) is 58.0 Å². The molecular weight excluding hydrogens is 250 g/mol. The number of hydrogen-bond donors (Lipinski definition) is 1. The lowest BCUT2D eigenvalue weighted by Gasteiger charge is -2.50. The smallest absolute Gasteiger partial charge is 0.225 e. The maximum atomic E-state index is 9.52. The van der Waals surface area contributed by atoms with Gasteiger partial charge in [-0.3, -0.25) is 0 Å². The highest BCUT2D eigenvalue weighted by Crippen LogP contribution is 2.49. The Morgan fingerprint density at radius 3 is 2.15 bits per heavy atom. The Morgan fingerprint density at radius 2 is 1.70 bits per heavy atom. The molecule has 20 heavy (non-hydrogen) atoms.